The number of rotatable bonds is 2. The molecule has 0 fully saturated rings. The summed E-state index contributed by atoms with van der Waals surface area (Å²) in [6.45, 7) is 1.75. The van der Waals surface area contributed by atoms with Crippen molar-refractivity contribution in [1.82, 2.24) is 10.6 Å². The Balaban J connectivity index is 2.27. The van der Waals surface area contributed by atoms with Crippen molar-refractivity contribution >= 4 is 23.3 Å². The quantitative estimate of drug-likeness (QED) is 0.747. The van der Waals surface area contributed by atoms with Crippen LogP contribution in [-0.4, -0.2) is 11.9 Å². The van der Waals surface area contributed by atoms with Crippen molar-refractivity contribution < 1.29 is 9.59 Å². The lowest BCUT2D eigenvalue weighted by molar-refractivity contribution is -0.117. The fourth-order valence-corrected chi connectivity index (χ4v) is 1.43. The van der Waals surface area contributed by atoms with Crippen molar-refractivity contribution in [3.05, 3.63) is 22.4 Å². The van der Waals surface area contributed by atoms with Crippen molar-refractivity contribution in [3.8, 4) is 0 Å². The molecule has 13 heavy (non-hydrogen) atoms. The van der Waals surface area contributed by atoms with Crippen LogP contribution >= 0.6 is 11.3 Å². The molecule has 0 aliphatic carbocycles. The molecule has 0 unspecified atom stereocenters. The highest BCUT2D eigenvalue weighted by Gasteiger charge is 2.01. The average Bonchev–Trinajstić information content (AvgIpc) is 2.51. The lowest BCUT2D eigenvalue weighted by Gasteiger charge is -2.02. The number of amides is 3. The van der Waals surface area contributed by atoms with Gasteiger partial charge in [-0.15, -0.1) is 11.3 Å². The molecule has 0 saturated heterocycles. The Kier molecular flexibility index (Phi) is 3.45. The highest BCUT2D eigenvalue weighted by molar-refractivity contribution is 7.09. The van der Waals surface area contributed by atoms with Crippen LogP contribution in [0.25, 0.3) is 0 Å². The van der Waals surface area contributed by atoms with Gasteiger partial charge in [0.25, 0.3) is 0 Å². The summed E-state index contributed by atoms with van der Waals surface area (Å²) in [6.07, 6.45) is 0. The third kappa shape index (κ3) is 3.71. The summed E-state index contributed by atoms with van der Waals surface area (Å²) in [6, 6.07) is 3.37. The van der Waals surface area contributed by atoms with Gasteiger partial charge >= 0.3 is 6.03 Å². The maximum atomic E-state index is 10.9. The number of imide groups is 1. The third-order valence-corrected chi connectivity index (χ3v) is 2.17. The zero-order valence-corrected chi connectivity index (χ0v) is 7.98. The first kappa shape index (κ1) is 9.73. The van der Waals surface area contributed by atoms with Gasteiger partial charge in [-0.1, -0.05) is 6.07 Å². The van der Waals surface area contributed by atoms with E-state index >= 15 is 0 Å². The van der Waals surface area contributed by atoms with E-state index in [1.165, 1.54) is 6.92 Å². The van der Waals surface area contributed by atoms with Gasteiger partial charge in [0.1, 0.15) is 0 Å². The van der Waals surface area contributed by atoms with Crippen LogP contribution in [0.3, 0.4) is 0 Å². The Labute approximate surface area is 80.0 Å². The minimum atomic E-state index is -0.457. The lowest BCUT2D eigenvalue weighted by Crippen LogP contribution is -2.37. The largest absolute Gasteiger partial charge is 0.333 e. The van der Waals surface area contributed by atoms with E-state index in [4.69, 9.17) is 0 Å². The van der Waals surface area contributed by atoms with Crippen molar-refractivity contribution in [2.75, 3.05) is 0 Å². The predicted molar refractivity (Wildman–Crippen MR) is 50.4 cm³/mol. The molecule has 0 aromatic carbocycles. The minimum Gasteiger partial charge on any atom is -0.333 e. The summed E-state index contributed by atoms with van der Waals surface area (Å²) in [7, 11) is 0. The molecule has 5 heteroatoms. The topological polar surface area (TPSA) is 58.2 Å². The summed E-state index contributed by atoms with van der Waals surface area (Å²) in [5.74, 6) is -0.358. The zero-order valence-electron chi connectivity index (χ0n) is 7.16. The average molecular weight is 198 g/mol. The van der Waals surface area contributed by atoms with E-state index in [-0.39, 0.29) is 5.91 Å². The predicted octanol–water partition coefficient (Wildman–Crippen LogP) is 1.09. The SMILES string of the molecule is CC(=O)NC(=O)NCc1cccs1. The van der Waals surface area contributed by atoms with E-state index in [0.717, 1.165) is 4.88 Å². The number of carbonyl (C=O) groups excluding carboxylic acids is 2. The molecule has 0 atom stereocenters. The minimum absolute atomic E-state index is 0.358. The van der Waals surface area contributed by atoms with Crippen LogP contribution in [0.2, 0.25) is 0 Å². The Morgan fingerprint density at radius 2 is 2.31 bits per heavy atom. The molecule has 0 saturated carbocycles. The molecule has 0 bridgehead atoms. The summed E-state index contributed by atoms with van der Waals surface area (Å²) >= 11 is 1.56. The lowest BCUT2D eigenvalue weighted by atomic mass is 10.5. The molecule has 1 aromatic rings. The fourth-order valence-electron chi connectivity index (χ4n) is 0.785. The molecule has 2 N–H and O–H groups in total. The van der Waals surface area contributed by atoms with Gasteiger partial charge in [0.2, 0.25) is 5.91 Å². The van der Waals surface area contributed by atoms with Crippen LogP contribution in [0.5, 0.6) is 0 Å². The van der Waals surface area contributed by atoms with E-state index in [1.54, 1.807) is 11.3 Å². The van der Waals surface area contributed by atoms with E-state index < -0.39 is 6.03 Å². The molecule has 0 radical (unpaired) electrons. The van der Waals surface area contributed by atoms with E-state index in [2.05, 4.69) is 10.6 Å². The van der Waals surface area contributed by atoms with Crippen LogP contribution in [0.1, 0.15) is 11.8 Å². The zero-order chi connectivity index (χ0) is 9.68. The molecule has 1 aromatic heterocycles. The smallest absolute Gasteiger partial charge is 0.321 e. The van der Waals surface area contributed by atoms with Gasteiger partial charge < -0.3 is 5.32 Å². The third-order valence-electron chi connectivity index (χ3n) is 1.29. The first-order chi connectivity index (χ1) is 6.18. The molecule has 3 amide bonds. The number of hydrogen-bond donors (Lipinski definition) is 2. The Morgan fingerprint density at radius 1 is 1.54 bits per heavy atom. The van der Waals surface area contributed by atoms with Gasteiger partial charge in [0.15, 0.2) is 0 Å². The van der Waals surface area contributed by atoms with Gasteiger partial charge in [0, 0.05) is 11.8 Å². The molecule has 4 nitrogen and oxygen atoms in total. The normalized spacial score (nSPS) is 9.31. The molecule has 0 aliphatic heterocycles. The van der Waals surface area contributed by atoms with Crippen LogP contribution < -0.4 is 10.6 Å². The standard InChI is InChI=1S/C8H10N2O2S/c1-6(11)10-8(12)9-5-7-3-2-4-13-7/h2-4H,5H2,1H3,(H2,9,10,11,12). The number of carbonyl (C=O) groups is 2. The number of thiophene rings is 1. The first-order valence-electron chi connectivity index (χ1n) is 3.76. The fraction of sp³-hybridized carbons (Fsp3) is 0.250. The van der Waals surface area contributed by atoms with Crippen LogP contribution in [0, 0.1) is 0 Å². The second-order valence-corrected chi connectivity index (χ2v) is 3.48. The Hall–Kier alpha value is -1.36. The van der Waals surface area contributed by atoms with Crippen molar-refractivity contribution in [1.29, 1.82) is 0 Å². The van der Waals surface area contributed by atoms with Crippen LogP contribution in [-0.2, 0) is 11.3 Å². The van der Waals surface area contributed by atoms with Crippen molar-refractivity contribution in [2.45, 2.75) is 13.5 Å². The Bertz CT molecular complexity index is 295. The molecule has 70 valence electrons. The van der Waals surface area contributed by atoms with Gasteiger partial charge in [0.05, 0.1) is 6.54 Å². The monoisotopic (exact) mass is 198 g/mol. The highest BCUT2D eigenvalue weighted by atomic mass is 32.1. The van der Waals surface area contributed by atoms with Gasteiger partial charge in [-0.3, -0.25) is 10.1 Å². The second kappa shape index (κ2) is 4.61. The second-order valence-electron chi connectivity index (χ2n) is 2.44. The van der Waals surface area contributed by atoms with Crippen LogP contribution in [0.4, 0.5) is 4.79 Å². The molecular formula is C8H10N2O2S. The Morgan fingerprint density at radius 3 is 2.85 bits per heavy atom. The number of urea groups is 1. The molecule has 0 aliphatic rings. The maximum absolute atomic E-state index is 10.9. The van der Waals surface area contributed by atoms with Gasteiger partial charge in [-0.2, -0.15) is 0 Å². The summed E-state index contributed by atoms with van der Waals surface area (Å²) in [5.41, 5.74) is 0. The van der Waals surface area contributed by atoms with Crippen molar-refractivity contribution in [3.63, 3.8) is 0 Å². The summed E-state index contributed by atoms with van der Waals surface area (Å²) in [5, 5.41) is 6.61. The highest BCUT2D eigenvalue weighted by Crippen LogP contribution is 2.06. The van der Waals surface area contributed by atoms with Crippen molar-refractivity contribution in [2.24, 2.45) is 0 Å². The molecular weight excluding hydrogens is 188 g/mol. The number of hydrogen-bond acceptors (Lipinski definition) is 3. The molecule has 0 spiro atoms. The summed E-state index contributed by atoms with van der Waals surface area (Å²) in [4.78, 5) is 22.4. The number of nitrogens with one attached hydrogen (secondary N) is 2. The van der Waals surface area contributed by atoms with Gasteiger partial charge in [-0.05, 0) is 11.4 Å². The first-order valence-corrected chi connectivity index (χ1v) is 4.64. The molecule has 1 heterocycles. The molecule has 1 rings (SSSR count). The maximum Gasteiger partial charge on any atom is 0.321 e. The van der Waals surface area contributed by atoms with E-state index in [9.17, 15) is 9.59 Å². The van der Waals surface area contributed by atoms with Crippen LogP contribution in [0.15, 0.2) is 17.5 Å². The van der Waals surface area contributed by atoms with E-state index in [0.29, 0.717) is 6.54 Å². The van der Waals surface area contributed by atoms with Gasteiger partial charge in [-0.25, -0.2) is 4.79 Å². The van der Waals surface area contributed by atoms with E-state index in [1.807, 2.05) is 17.5 Å². The summed E-state index contributed by atoms with van der Waals surface area (Å²) < 4.78 is 0.